The maximum absolute atomic E-state index is 14.6. The molecule has 41 heavy (non-hydrogen) atoms. The lowest BCUT2D eigenvalue weighted by Crippen LogP contribution is -2.34. The van der Waals surface area contributed by atoms with Gasteiger partial charge in [-0.3, -0.25) is 10.1 Å². The Morgan fingerprint density at radius 2 is 1.98 bits per heavy atom. The molecule has 2 aromatic heterocycles. The Balaban J connectivity index is 1.57. The van der Waals surface area contributed by atoms with Crippen molar-refractivity contribution in [3.8, 4) is 22.4 Å². The summed E-state index contributed by atoms with van der Waals surface area (Å²) in [4.78, 5) is 33.3. The second kappa shape index (κ2) is 11.8. The first kappa shape index (κ1) is 27.9. The van der Waals surface area contributed by atoms with E-state index in [4.69, 9.17) is 11.6 Å². The molecule has 0 fully saturated rings. The van der Waals surface area contributed by atoms with Gasteiger partial charge in [0, 0.05) is 23.7 Å². The molecule has 2 N–H and O–H groups in total. The molecule has 1 aliphatic heterocycles. The summed E-state index contributed by atoms with van der Waals surface area (Å²) in [5.41, 5.74) is 2.43. The summed E-state index contributed by atoms with van der Waals surface area (Å²) in [6.07, 6.45) is 3.66. The Hall–Kier alpha value is -4.64. The molecule has 0 radical (unpaired) electrons. The molecule has 9 nitrogen and oxygen atoms in total. The van der Waals surface area contributed by atoms with Crippen LogP contribution in [0, 0.1) is 16.8 Å². The molecule has 12 heteroatoms. The number of hydrogen-bond acceptors (Lipinski definition) is 6. The van der Waals surface area contributed by atoms with Crippen LogP contribution >= 0.6 is 11.6 Å². The van der Waals surface area contributed by atoms with E-state index in [-0.39, 0.29) is 28.5 Å². The van der Waals surface area contributed by atoms with Crippen molar-refractivity contribution in [3.05, 3.63) is 94.3 Å². The molecule has 0 saturated heterocycles. The number of carbonyl (C=O) groups is 2. The highest BCUT2D eigenvalue weighted by Gasteiger charge is 2.27. The summed E-state index contributed by atoms with van der Waals surface area (Å²) in [5.74, 6) is -2.51. The fourth-order valence-corrected chi connectivity index (χ4v) is 4.98. The maximum Gasteiger partial charge on any atom is 0.411 e. The van der Waals surface area contributed by atoms with E-state index in [2.05, 4.69) is 25.3 Å². The Morgan fingerprint density at radius 3 is 2.76 bits per heavy atom. The minimum absolute atomic E-state index is 0.0414. The van der Waals surface area contributed by atoms with E-state index in [1.165, 1.54) is 25.6 Å². The van der Waals surface area contributed by atoms with Gasteiger partial charge < -0.3 is 15.3 Å². The van der Waals surface area contributed by atoms with Crippen LogP contribution in [0.1, 0.15) is 43.0 Å². The first-order chi connectivity index (χ1) is 19.7. The largest absolute Gasteiger partial charge is 0.618 e. The fraction of sp³-hybridized carbons (Fsp3) is 0.207. The van der Waals surface area contributed by atoms with Crippen molar-refractivity contribution in [1.29, 1.82) is 0 Å². The van der Waals surface area contributed by atoms with Gasteiger partial charge in [-0.2, -0.15) is 4.73 Å². The highest BCUT2D eigenvalue weighted by atomic mass is 35.5. The van der Waals surface area contributed by atoms with E-state index in [0.29, 0.717) is 58.0 Å². The third-order valence-electron chi connectivity index (χ3n) is 6.83. The molecular formula is C29H24ClF2N5O4. The number of ether oxygens (including phenoxy) is 1. The molecule has 0 saturated carbocycles. The topological polar surface area (TPSA) is 120 Å². The van der Waals surface area contributed by atoms with Crippen molar-refractivity contribution in [2.24, 2.45) is 0 Å². The molecule has 3 heterocycles. The number of rotatable bonds is 3. The van der Waals surface area contributed by atoms with Crippen LogP contribution in [0.3, 0.4) is 0 Å². The number of amides is 2. The third-order valence-corrected chi connectivity index (χ3v) is 7.12. The molecule has 1 aliphatic rings. The summed E-state index contributed by atoms with van der Waals surface area (Å²) in [6.45, 7) is 0. The molecule has 4 aromatic rings. The molecule has 0 spiro atoms. The van der Waals surface area contributed by atoms with Crippen LogP contribution < -0.4 is 15.4 Å². The van der Waals surface area contributed by atoms with Crippen LogP contribution in [0.5, 0.6) is 0 Å². The number of pyridine rings is 1. The average molecular weight is 580 g/mol. The number of anilines is 2. The zero-order valence-electron chi connectivity index (χ0n) is 21.8. The lowest BCUT2D eigenvalue weighted by molar-refractivity contribution is -0.614. The van der Waals surface area contributed by atoms with Gasteiger partial charge in [0.05, 0.1) is 46.3 Å². The quantitative estimate of drug-likeness (QED) is 0.169. The first-order valence-electron chi connectivity index (χ1n) is 12.7. The predicted molar refractivity (Wildman–Crippen MR) is 148 cm³/mol. The van der Waals surface area contributed by atoms with Gasteiger partial charge in [-0.1, -0.05) is 18.0 Å². The first-order valence-corrected chi connectivity index (χ1v) is 13.1. The van der Waals surface area contributed by atoms with Gasteiger partial charge in [0.15, 0.2) is 12.0 Å². The van der Waals surface area contributed by atoms with Crippen molar-refractivity contribution in [1.82, 2.24) is 9.97 Å². The van der Waals surface area contributed by atoms with Gasteiger partial charge >= 0.3 is 6.09 Å². The second-order valence-electron chi connectivity index (χ2n) is 9.44. The van der Waals surface area contributed by atoms with Gasteiger partial charge in [-0.15, -0.1) is 0 Å². The molecule has 2 aromatic carbocycles. The molecule has 2 amide bonds. The summed E-state index contributed by atoms with van der Waals surface area (Å²) < 4.78 is 34.3. The lowest BCUT2D eigenvalue weighted by atomic mass is 9.91. The number of aromatic nitrogens is 3. The summed E-state index contributed by atoms with van der Waals surface area (Å²) >= 11 is 5.84. The van der Waals surface area contributed by atoms with Gasteiger partial charge in [0.25, 0.3) is 0 Å². The standard InChI is InChI=1S/C29H24ClF2N5O4/c1-41-29(39)35-17-7-8-18-22-13-23(34-15-33-22)19(4-2-3-5-26(38)36-24(18)12-17)25-11-6-16(14-37(25)40)27-21(31)10-9-20(30)28(27)32/h6-15,19H,2-5H2,1H3,(H,35,39)(H,36,38)/t19-/m0/s1. The molecule has 210 valence electrons. The number of fused-ring (bicyclic) bond motifs is 4. The Morgan fingerprint density at radius 1 is 1.15 bits per heavy atom. The number of benzene rings is 2. The normalized spacial score (nSPS) is 15.1. The Kier molecular flexibility index (Phi) is 8.06. The van der Waals surface area contributed by atoms with Crippen LogP contribution in [0.15, 0.2) is 61.1 Å². The predicted octanol–water partition coefficient (Wildman–Crippen LogP) is 6.20. The van der Waals surface area contributed by atoms with Crippen molar-refractivity contribution in [3.63, 3.8) is 0 Å². The minimum atomic E-state index is -0.951. The fourth-order valence-electron chi connectivity index (χ4n) is 4.82. The Bertz CT molecular complexity index is 1650. The number of methoxy groups -OCH3 is 1. The van der Waals surface area contributed by atoms with Crippen molar-refractivity contribution < 1.29 is 27.8 Å². The van der Waals surface area contributed by atoms with Gasteiger partial charge in [-0.25, -0.2) is 23.5 Å². The third kappa shape index (κ3) is 5.94. The van der Waals surface area contributed by atoms with Crippen LogP contribution in [0.4, 0.5) is 25.0 Å². The molecule has 0 unspecified atom stereocenters. The summed E-state index contributed by atoms with van der Waals surface area (Å²) in [5, 5.41) is 18.5. The minimum Gasteiger partial charge on any atom is -0.618 e. The van der Waals surface area contributed by atoms with E-state index in [9.17, 15) is 23.6 Å². The number of nitrogens with one attached hydrogen (secondary N) is 2. The lowest BCUT2D eigenvalue weighted by Gasteiger charge is -2.19. The van der Waals surface area contributed by atoms with Gasteiger partial charge in [0.2, 0.25) is 11.6 Å². The zero-order chi connectivity index (χ0) is 29.1. The summed E-state index contributed by atoms with van der Waals surface area (Å²) in [6, 6.07) is 11.8. The van der Waals surface area contributed by atoms with Gasteiger partial charge in [-0.05, 0) is 55.3 Å². The second-order valence-corrected chi connectivity index (χ2v) is 9.85. The van der Waals surface area contributed by atoms with E-state index in [1.54, 1.807) is 24.3 Å². The highest BCUT2D eigenvalue weighted by molar-refractivity contribution is 6.31. The SMILES string of the molecule is COC(=O)Nc1ccc2c(c1)NC(=O)CCCC[C@H](c1ccc(-c3c(F)ccc(Cl)c3F)c[n+]1[O-])c1cc-2ncn1. The van der Waals surface area contributed by atoms with Crippen molar-refractivity contribution >= 4 is 35.0 Å². The van der Waals surface area contributed by atoms with Crippen LogP contribution in [0.2, 0.25) is 5.02 Å². The van der Waals surface area contributed by atoms with E-state index < -0.39 is 23.6 Å². The van der Waals surface area contributed by atoms with Crippen LogP contribution in [0.25, 0.3) is 22.4 Å². The molecule has 5 rings (SSSR count). The molecule has 1 atom stereocenters. The molecular weight excluding hydrogens is 556 g/mol. The molecule has 0 aliphatic carbocycles. The van der Waals surface area contributed by atoms with E-state index in [0.717, 1.165) is 18.3 Å². The number of hydrogen-bond donors (Lipinski definition) is 2. The van der Waals surface area contributed by atoms with Crippen LogP contribution in [-0.2, 0) is 9.53 Å². The number of halogens is 3. The molecule has 2 bridgehead atoms. The average Bonchev–Trinajstić information content (AvgIpc) is 2.95. The number of nitrogens with zero attached hydrogens (tertiary/aromatic N) is 3. The number of carbonyl (C=O) groups excluding carboxylic acids is 2. The van der Waals surface area contributed by atoms with Crippen molar-refractivity contribution in [2.75, 3.05) is 17.7 Å². The van der Waals surface area contributed by atoms with E-state index >= 15 is 0 Å². The van der Waals surface area contributed by atoms with Crippen molar-refractivity contribution in [2.45, 2.75) is 31.6 Å². The zero-order valence-corrected chi connectivity index (χ0v) is 22.5. The summed E-state index contributed by atoms with van der Waals surface area (Å²) in [7, 11) is 1.25. The maximum atomic E-state index is 14.6. The Labute approximate surface area is 238 Å². The monoisotopic (exact) mass is 579 g/mol. The van der Waals surface area contributed by atoms with Gasteiger partial charge in [0.1, 0.15) is 12.1 Å². The highest BCUT2D eigenvalue weighted by Crippen LogP contribution is 2.35. The van der Waals surface area contributed by atoms with E-state index in [1.807, 2.05) is 0 Å². The van der Waals surface area contributed by atoms with Crippen LogP contribution in [-0.4, -0.2) is 29.1 Å². The smallest absolute Gasteiger partial charge is 0.411 e.